The van der Waals surface area contributed by atoms with E-state index < -0.39 is 11.9 Å². The van der Waals surface area contributed by atoms with E-state index in [4.69, 9.17) is 0 Å². The number of rotatable bonds is 6. The van der Waals surface area contributed by atoms with Crippen molar-refractivity contribution in [3.05, 3.63) is 40.6 Å². The fourth-order valence-electron chi connectivity index (χ4n) is 3.31. The van der Waals surface area contributed by atoms with Crippen LogP contribution in [0.3, 0.4) is 0 Å². The van der Waals surface area contributed by atoms with Crippen molar-refractivity contribution in [1.82, 2.24) is 4.98 Å². The number of hydrogen-bond acceptors (Lipinski definition) is 3. The van der Waals surface area contributed by atoms with Crippen LogP contribution >= 0.6 is 0 Å². The number of carboxylic acids is 2. The molecule has 2 saturated carbocycles. The van der Waals surface area contributed by atoms with Crippen molar-refractivity contribution in [3.63, 3.8) is 0 Å². The summed E-state index contributed by atoms with van der Waals surface area (Å²) in [5.74, 6) is -1.22. The first-order valence-corrected chi connectivity index (χ1v) is 8.45. The second-order valence-corrected chi connectivity index (χ2v) is 7.07. The fourth-order valence-corrected chi connectivity index (χ4v) is 3.31. The van der Waals surface area contributed by atoms with Gasteiger partial charge in [-0.05, 0) is 67.6 Å². The van der Waals surface area contributed by atoms with E-state index in [0.29, 0.717) is 17.4 Å². The summed E-state index contributed by atoms with van der Waals surface area (Å²) < 4.78 is 0. The fraction of sp³-hybridized carbons (Fsp3) is 0.421. The van der Waals surface area contributed by atoms with Crippen LogP contribution in [0.1, 0.15) is 57.7 Å². The zero-order valence-corrected chi connectivity index (χ0v) is 13.3. The highest BCUT2D eigenvalue weighted by molar-refractivity contribution is 6.04. The van der Waals surface area contributed by atoms with Gasteiger partial charge >= 0.3 is 11.9 Å². The highest BCUT2D eigenvalue weighted by Gasteiger charge is 2.27. The molecule has 0 saturated heterocycles. The van der Waals surface area contributed by atoms with Gasteiger partial charge < -0.3 is 10.2 Å². The maximum atomic E-state index is 11.5. The van der Waals surface area contributed by atoms with Gasteiger partial charge in [0.2, 0.25) is 0 Å². The number of carbonyl (C=O) groups is 2. The molecule has 1 heterocycles. The van der Waals surface area contributed by atoms with E-state index >= 15 is 0 Å². The van der Waals surface area contributed by atoms with E-state index in [0.717, 1.165) is 29.4 Å². The van der Waals surface area contributed by atoms with Crippen molar-refractivity contribution < 1.29 is 19.8 Å². The molecule has 0 aliphatic heterocycles. The molecule has 2 fully saturated rings. The van der Waals surface area contributed by atoms with Crippen LogP contribution < -0.4 is 0 Å². The quantitative estimate of drug-likeness (QED) is 0.848. The van der Waals surface area contributed by atoms with Crippen LogP contribution in [0.15, 0.2) is 18.2 Å². The number of carboxylic acid groups (broad SMARTS) is 2. The lowest BCUT2D eigenvalue weighted by Crippen LogP contribution is -2.12. The molecule has 5 nitrogen and oxygen atoms in total. The topological polar surface area (TPSA) is 87.5 Å². The lowest BCUT2D eigenvalue weighted by molar-refractivity contribution is 0.0647. The molecule has 1 aromatic heterocycles. The first-order chi connectivity index (χ1) is 11.5. The van der Waals surface area contributed by atoms with Crippen LogP contribution in [-0.2, 0) is 12.8 Å². The molecule has 5 heteroatoms. The highest BCUT2D eigenvalue weighted by Crippen LogP contribution is 2.38. The molecule has 0 bridgehead atoms. The SMILES string of the molecule is O=C(O)c1cc2c(CC3CC3)ccc(CC3CC3)c2nc1C(=O)O. The van der Waals surface area contributed by atoms with Gasteiger partial charge in [0.05, 0.1) is 11.1 Å². The monoisotopic (exact) mass is 325 g/mol. The van der Waals surface area contributed by atoms with E-state index in [2.05, 4.69) is 17.1 Å². The van der Waals surface area contributed by atoms with Gasteiger partial charge in [-0.3, -0.25) is 0 Å². The number of pyridine rings is 1. The van der Waals surface area contributed by atoms with Gasteiger partial charge in [-0.2, -0.15) is 0 Å². The molecule has 0 atom stereocenters. The summed E-state index contributed by atoms with van der Waals surface area (Å²) in [5, 5.41) is 19.5. The van der Waals surface area contributed by atoms with Gasteiger partial charge in [0.15, 0.2) is 5.69 Å². The van der Waals surface area contributed by atoms with Gasteiger partial charge in [0.1, 0.15) is 0 Å². The third kappa shape index (κ3) is 2.86. The van der Waals surface area contributed by atoms with Crippen LogP contribution in [0.4, 0.5) is 0 Å². The van der Waals surface area contributed by atoms with Crippen molar-refractivity contribution in [2.45, 2.75) is 38.5 Å². The molecule has 2 N–H and O–H groups in total. The zero-order chi connectivity index (χ0) is 16.8. The number of hydrogen-bond donors (Lipinski definition) is 2. The van der Waals surface area contributed by atoms with E-state index in [-0.39, 0.29) is 11.3 Å². The van der Waals surface area contributed by atoms with Crippen LogP contribution in [0, 0.1) is 11.8 Å². The summed E-state index contributed by atoms with van der Waals surface area (Å²) in [6.45, 7) is 0. The third-order valence-corrected chi connectivity index (χ3v) is 5.00. The Hall–Kier alpha value is -2.43. The minimum atomic E-state index is -1.29. The third-order valence-electron chi connectivity index (χ3n) is 5.00. The van der Waals surface area contributed by atoms with E-state index in [1.165, 1.54) is 31.7 Å². The number of benzene rings is 1. The Morgan fingerprint density at radius 3 is 2.08 bits per heavy atom. The minimum absolute atomic E-state index is 0.226. The van der Waals surface area contributed by atoms with Crippen LogP contribution in [0.2, 0.25) is 0 Å². The molecule has 24 heavy (non-hydrogen) atoms. The van der Waals surface area contributed by atoms with Crippen molar-refractivity contribution in [1.29, 1.82) is 0 Å². The Morgan fingerprint density at radius 2 is 1.54 bits per heavy atom. The second kappa shape index (κ2) is 5.58. The van der Waals surface area contributed by atoms with E-state index in [9.17, 15) is 19.8 Å². The Bertz CT molecular complexity index is 780. The first kappa shape index (κ1) is 15.1. The first-order valence-electron chi connectivity index (χ1n) is 8.45. The molecule has 0 radical (unpaired) electrons. The van der Waals surface area contributed by atoms with Gasteiger partial charge in [0.25, 0.3) is 0 Å². The lowest BCUT2D eigenvalue weighted by atomic mass is 9.95. The maximum absolute atomic E-state index is 11.5. The molecular weight excluding hydrogens is 306 g/mol. The number of fused-ring (bicyclic) bond motifs is 1. The summed E-state index contributed by atoms with van der Waals surface area (Å²) in [4.78, 5) is 27.2. The smallest absolute Gasteiger partial charge is 0.355 e. The number of aromatic nitrogens is 1. The van der Waals surface area contributed by atoms with E-state index in [1.54, 1.807) is 0 Å². The van der Waals surface area contributed by atoms with Gasteiger partial charge in [-0.1, -0.05) is 12.1 Å². The summed E-state index contributed by atoms with van der Waals surface area (Å²) >= 11 is 0. The van der Waals surface area contributed by atoms with Crippen LogP contribution in [0.5, 0.6) is 0 Å². The Balaban J connectivity index is 1.92. The molecule has 0 amide bonds. The normalized spacial score (nSPS) is 17.2. The van der Waals surface area contributed by atoms with Crippen molar-refractivity contribution in [2.75, 3.05) is 0 Å². The summed E-state index contributed by atoms with van der Waals surface area (Å²) in [6.07, 6.45) is 6.61. The molecule has 2 aromatic rings. The molecule has 2 aliphatic carbocycles. The number of aromatic carboxylic acids is 2. The Morgan fingerprint density at radius 1 is 0.958 bits per heavy atom. The predicted octanol–water partition coefficient (Wildman–Crippen LogP) is 3.54. The van der Waals surface area contributed by atoms with Crippen molar-refractivity contribution in [3.8, 4) is 0 Å². The minimum Gasteiger partial charge on any atom is -0.478 e. The summed E-state index contributed by atoms with van der Waals surface area (Å²) in [6, 6.07) is 5.64. The average molecular weight is 325 g/mol. The zero-order valence-electron chi connectivity index (χ0n) is 13.3. The Kier molecular flexibility index (Phi) is 3.52. The standard InChI is InChI=1S/C19H19NO4/c21-18(22)15-9-14-12(7-10-1-2-10)5-6-13(8-11-3-4-11)16(14)20-17(15)19(23)24/h5-6,9-11H,1-4,7-8H2,(H,21,22)(H,23,24). The average Bonchev–Trinajstić information content (AvgIpc) is 3.44. The molecule has 0 unspecified atom stereocenters. The molecule has 4 rings (SSSR count). The van der Waals surface area contributed by atoms with Crippen molar-refractivity contribution in [2.24, 2.45) is 11.8 Å². The van der Waals surface area contributed by atoms with Crippen LogP contribution in [-0.4, -0.2) is 27.1 Å². The summed E-state index contributed by atoms with van der Waals surface area (Å²) in [5.41, 5.74) is 2.19. The molecule has 1 aromatic carbocycles. The molecular formula is C19H19NO4. The summed E-state index contributed by atoms with van der Waals surface area (Å²) in [7, 11) is 0. The van der Waals surface area contributed by atoms with Crippen LogP contribution in [0.25, 0.3) is 10.9 Å². The molecule has 2 aliphatic rings. The van der Waals surface area contributed by atoms with Gasteiger partial charge in [-0.25, -0.2) is 14.6 Å². The van der Waals surface area contributed by atoms with Gasteiger partial charge in [0, 0.05) is 5.39 Å². The lowest BCUT2D eigenvalue weighted by Gasteiger charge is -2.13. The highest BCUT2D eigenvalue weighted by atomic mass is 16.4. The largest absolute Gasteiger partial charge is 0.478 e. The van der Waals surface area contributed by atoms with Crippen molar-refractivity contribution >= 4 is 22.8 Å². The maximum Gasteiger partial charge on any atom is 0.355 e. The van der Waals surface area contributed by atoms with E-state index in [1.807, 2.05) is 0 Å². The predicted molar refractivity (Wildman–Crippen MR) is 88.5 cm³/mol. The molecule has 0 spiro atoms. The Labute approximate surface area is 139 Å². The second-order valence-electron chi connectivity index (χ2n) is 7.07. The number of nitrogens with zero attached hydrogens (tertiary/aromatic N) is 1. The molecule has 124 valence electrons. The van der Waals surface area contributed by atoms with Gasteiger partial charge in [-0.15, -0.1) is 0 Å².